The van der Waals surface area contributed by atoms with Gasteiger partial charge in [-0.2, -0.15) is 0 Å². The molecule has 1 amide bonds. The number of fused-ring (bicyclic) bond motifs is 1. The van der Waals surface area contributed by atoms with E-state index in [2.05, 4.69) is 20.5 Å². The van der Waals surface area contributed by atoms with Gasteiger partial charge in [0.1, 0.15) is 12.2 Å². The zero-order valence-electron chi connectivity index (χ0n) is 26.4. The number of aromatic nitrogens is 3. The second kappa shape index (κ2) is 14.7. The molecular formula is C35H37ClN6O5. The Morgan fingerprint density at radius 2 is 1.94 bits per heavy atom. The van der Waals surface area contributed by atoms with Crippen molar-refractivity contribution in [3.8, 4) is 5.88 Å². The predicted molar refractivity (Wildman–Crippen MR) is 180 cm³/mol. The van der Waals surface area contributed by atoms with Crippen molar-refractivity contribution in [2.24, 2.45) is 0 Å². The summed E-state index contributed by atoms with van der Waals surface area (Å²) in [5.41, 5.74) is 5.20. The van der Waals surface area contributed by atoms with Gasteiger partial charge in [-0.05, 0) is 69.3 Å². The Morgan fingerprint density at radius 1 is 1.09 bits per heavy atom. The van der Waals surface area contributed by atoms with E-state index in [0.29, 0.717) is 41.0 Å². The fraction of sp³-hybridized carbons (Fsp3) is 0.314. The van der Waals surface area contributed by atoms with Crippen molar-refractivity contribution < 1.29 is 23.5 Å². The minimum absolute atomic E-state index is 0.127. The monoisotopic (exact) mass is 656 g/mol. The van der Waals surface area contributed by atoms with Crippen LogP contribution in [0.5, 0.6) is 5.88 Å². The van der Waals surface area contributed by atoms with Crippen LogP contribution in [0, 0.1) is 0 Å². The van der Waals surface area contributed by atoms with Gasteiger partial charge in [0.2, 0.25) is 11.8 Å². The smallest absolute Gasteiger partial charge is 0.337 e. The fourth-order valence-electron chi connectivity index (χ4n) is 5.88. The molecule has 5 aromatic rings. The van der Waals surface area contributed by atoms with Crippen LogP contribution in [0.15, 0.2) is 77.8 Å². The molecule has 2 N–H and O–H groups in total. The number of methoxy groups -OCH3 is 1. The average molecular weight is 657 g/mol. The third kappa shape index (κ3) is 7.58. The number of ether oxygens (including phenoxy) is 2. The highest BCUT2D eigenvalue weighted by Crippen LogP contribution is 2.31. The van der Waals surface area contributed by atoms with Crippen LogP contribution in [0.25, 0.3) is 11.0 Å². The Morgan fingerprint density at radius 3 is 2.74 bits per heavy atom. The maximum Gasteiger partial charge on any atom is 0.337 e. The normalized spacial score (nSPS) is 13.9. The summed E-state index contributed by atoms with van der Waals surface area (Å²) >= 11 is 6.27. The highest BCUT2D eigenvalue weighted by Gasteiger charge is 2.24. The number of amides is 1. The summed E-state index contributed by atoms with van der Waals surface area (Å²) in [5.74, 6) is 0.248. The van der Waals surface area contributed by atoms with Crippen LogP contribution >= 0.6 is 11.6 Å². The standard InChI is InChI=1S/C35H37ClN6O5/c1-3-42-22-37-18-26(42)19-38-31-17-24(35(44)45-2)8-10-30(31)39-32(43)20-41-14-11-23(12-15-41)29-5-4-6-33(40-29)47-21-25-7-9-28(36)27-13-16-46-34(25)27/h4-10,13,16-18,22-23,38H,3,11-12,14-15,19-21H2,1-2H3,(H,39,43). The molecule has 1 saturated heterocycles. The number of carbonyl (C=O) groups is 2. The van der Waals surface area contributed by atoms with E-state index in [1.807, 2.05) is 47.9 Å². The van der Waals surface area contributed by atoms with E-state index in [-0.39, 0.29) is 18.4 Å². The molecular weight excluding hydrogens is 620 g/mol. The van der Waals surface area contributed by atoms with Gasteiger partial charge < -0.3 is 29.1 Å². The van der Waals surface area contributed by atoms with E-state index < -0.39 is 5.97 Å². The summed E-state index contributed by atoms with van der Waals surface area (Å²) in [4.78, 5) is 36.5. The van der Waals surface area contributed by atoms with E-state index in [4.69, 9.17) is 30.5 Å². The number of aryl methyl sites for hydroxylation is 1. The number of benzene rings is 2. The van der Waals surface area contributed by atoms with Crippen molar-refractivity contribution in [1.29, 1.82) is 0 Å². The number of likely N-dealkylation sites (tertiary alicyclic amines) is 1. The first-order valence-electron chi connectivity index (χ1n) is 15.6. The molecule has 4 heterocycles. The lowest BCUT2D eigenvalue weighted by Crippen LogP contribution is -2.39. The van der Waals surface area contributed by atoms with Crippen LogP contribution in [0.1, 0.15) is 53.0 Å². The topological polar surface area (TPSA) is 124 Å². The fourth-order valence-corrected chi connectivity index (χ4v) is 6.09. The molecule has 0 atom stereocenters. The molecule has 2 aromatic carbocycles. The Bertz CT molecular complexity index is 1860. The number of hydrogen-bond donors (Lipinski definition) is 2. The largest absolute Gasteiger partial charge is 0.473 e. The molecule has 12 heteroatoms. The van der Waals surface area contributed by atoms with Gasteiger partial charge in [-0.1, -0.05) is 23.7 Å². The second-order valence-electron chi connectivity index (χ2n) is 11.4. The number of anilines is 2. The molecule has 0 aliphatic carbocycles. The number of halogens is 1. The van der Waals surface area contributed by atoms with Crippen molar-refractivity contribution in [1.82, 2.24) is 19.4 Å². The summed E-state index contributed by atoms with van der Waals surface area (Å²) in [7, 11) is 1.34. The summed E-state index contributed by atoms with van der Waals surface area (Å²) in [5, 5.41) is 7.88. The lowest BCUT2D eigenvalue weighted by atomic mass is 9.93. The summed E-state index contributed by atoms with van der Waals surface area (Å²) in [6, 6.07) is 16.5. The second-order valence-corrected chi connectivity index (χ2v) is 11.8. The summed E-state index contributed by atoms with van der Waals surface area (Å²) in [6.07, 6.45) is 6.94. The number of nitrogens with zero attached hydrogens (tertiary/aromatic N) is 4. The zero-order valence-corrected chi connectivity index (χ0v) is 27.1. The zero-order chi connectivity index (χ0) is 32.8. The molecule has 3 aromatic heterocycles. The molecule has 1 aliphatic rings. The van der Waals surface area contributed by atoms with Crippen molar-refractivity contribution in [2.75, 3.05) is 37.4 Å². The highest BCUT2D eigenvalue weighted by molar-refractivity contribution is 6.35. The average Bonchev–Trinajstić information content (AvgIpc) is 3.78. The molecule has 244 valence electrons. The number of carbonyl (C=O) groups excluding carboxylic acids is 2. The van der Waals surface area contributed by atoms with E-state index in [0.717, 1.165) is 60.4 Å². The van der Waals surface area contributed by atoms with Crippen LogP contribution in [-0.2, 0) is 29.2 Å². The minimum atomic E-state index is -0.448. The Hall–Kier alpha value is -4.87. The van der Waals surface area contributed by atoms with Crippen molar-refractivity contribution in [2.45, 2.75) is 45.4 Å². The van der Waals surface area contributed by atoms with Crippen molar-refractivity contribution >= 4 is 45.8 Å². The molecule has 0 unspecified atom stereocenters. The van der Waals surface area contributed by atoms with E-state index in [9.17, 15) is 9.59 Å². The van der Waals surface area contributed by atoms with Gasteiger partial charge in [-0.3, -0.25) is 9.69 Å². The third-order valence-electron chi connectivity index (χ3n) is 8.45. The van der Waals surface area contributed by atoms with Crippen LogP contribution in [0.3, 0.4) is 0 Å². The third-order valence-corrected chi connectivity index (χ3v) is 8.78. The predicted octanol–water partition coefficient (Wildman–Crippen LogP) is 6.49. The van der Waals surface area contributed by atoms with Gasteiger partial charge in [0, 0.05) is 41.4 Å². The van der Waals surface area contributed by atoms with Crippen LogP contribution in [0.2, 0.25) is 5.02 Å². The number of rotatable bonds is 12. The lowest BCUT2D eigenvalue weighted by molar-refractivity contribution is -0.117. The SMILES string of the molecule is CCn1cncc1CNc1cc(C(=O)OC)ccc1NC(=O)CN1CCC(c2cccc(OCc3ccc(Cl)c4ccoc34)n2)CC1. The lowest BCUT2D eigenvalue weighted by Gasteiger charge is -2.31. The molecule has 6 rings (SSSR count). The number of esters is 1. The number of imidazole rings is 1. The molecule has 1 aliphatic heterocycles. The van der Waals surface area contributed by atoms with Gasteiger partial charge in [-0.15, -0.1) is 0 Å². The first-order chi connectivity index (χ1) is 22.9. The number of nitrogens with one attached hydrogen (secondary N) is 2. The maximum absolute atomic E-state index is 13.2. The minimum Gasteiger partial charge on any atom is -0.473 e. The van der Waals surface area contributed by atoms with Crippen LogP contribution < -0.4 is 15.4 Å². The first-order valence-corrected chi connectivity index (χ1v) is 16.0. The molecule has 0 spiro atoms. The Kier molecular flexibility index (Phi) is 10.0. The molecule has 0 saturated carbocycles. The van der Waals surface area contributed by atoms with Gasteiger partial charge in [0.25, 0.3) is 0 Å². The van der Waals surface area contributed by atoms with E-state index in [1.165, 1.54) is 7.11 Å². The molecule has 1 fully saturated rings. The van der Waals surface area contributed by atoms with Gasteiger partial charge >= 0.3 is 5.97 Å². The number of hydrogen-bond acceptors (Lipinski definition) is 9. The summed E-state index contributed by atoms with van der Waals surface area (Å²) < 4.78 is 18.6. The van der Waals surface area contributed by atoms with E-state index >= 15 is 0 Å². The summed E-state index contributed by atoms with van der Waals surface area (Å²) in [6.45, 7) is 5.41. The van der Waals surface area contributed by atoms with Gasteiger partial charge in [0.05, 0.1) is 60.4 Å². The van der Waals surface area contributed by atoms with Crippen LogP contribution in [-0.4, -0.2) is 58.1 Å². The molecule has 47 heavy (non-hydrogen) atoms. The number of furan rings is 1. The van der Waals surface area contributed by atoms with Crippen LogP contribution in [0.4, 0.5) is 11.4 Å². The van der Waals surface area contributed by atoms with Crippen molar-refractivity contribution in [3.05, 3.63) is 101 Å². The highest BCUT2D eigenvalue weighted by atomic mass is 35.5. The van der Waals surface area contributed by atoms with Crippen molar-refractivity contribution in [3.63, 3.8) is 0 Å². The quantitative estimate of drug-likeness (QED) is 0.145. The first kappa shape index (κ1) is 32.1. The number of piperidine rings is 1. The molecule has 0 bridgehead atoms. The van der Waals surface area contributed by atoms with Gasteiger partial charge in [0.15, 0.2) is 0 Å². The maximum atomic E-state index is 13.2. The molecule has 0 radical (unpaired) electrons. The van der Waals surface area contributed by atoms with Gasteiger partial charge in [-0.25, -0.2) is 14.8 Å². The Labute approximate surface area is 277 Å². The number of pyridine rings is 1. The Balaban J connectivity index is 1.03. The van der Waals surface area contributed by atoms with E-state index in [1.54, 1.807) is 37.0 Å². The molecule has 11 nitrogen and oxygen atoms in total.